The van der Waals surface area contributed by atoms with Crippen LogP contribution in [0.15, 0.2) is 18.2 Å². The molecular formula is C15H23NO2. The van der Waals surface area contributed by atoms with Gasteiger partial charge in [-0.1, -0.05) is 13.3 Å². The fraction of sp³-hybridized carbons (Fsp3) is 0.600. The van der Waals surface area contributed by atoms with Gasteiger partial charge >= 0.3 is 0 Å². The minimum Gasteiger partial charge on any atom is -0.497 e. The average molecular weight is 249 g/mol. The molecule has 0 aliphatic carbocycles. The van der Waals surface area contributed by atoms with Crippen LogP contribution in [0.5, 0.6) is 11.5 Å². The van der Waals surface area contributed by atoms with E-state index < -0.39 is 0 Å². The van der Waals surface area contributed by atoms with Gasteiger partial charge in [0.1, 0.15) is 11.5 Å². The Morgan fingerprint density at radius 2 is 2.11 bits per heavy atom. The molecule has 1 saturated heterocycles. The van der Waals surface area contributed by atoms with Crippen molar-refractivity contribution in [2.45, 2.75) is 25.7 Å². The first kappa shape index (κ1) is 13.2. The highest BCUT2D eigenvalue weighted by atomic mass is 16.5. The SMILES string of the molecule is CCC1CNCCC1c1cc(OC)ccc1OC. The summed E-state index contributed by atoms with van der Waals surface area (Å²) in [7, 11) is 3.46. The molecule has 0 bridgehead atoms. The van der Waals surface area contributed by atoms with Crippen molar-refractivity contribution in [1.29, 1.82) is 0 Å². The first-order chi connectivity index (χ1) is 8.80. The van der Waals surface area contributed by atoms with Crippen LogP contribution in [0.1, 0.15) is 31.2 Å². The molecular weight excluding hydrogens is 226 g/mol. The van der Waals surface area contributed by atoms with E-state index in [1.807, 2.05) is 12.1 Å². The highest BCUT2D eigenvalue weighted by Gasteiger charge is 2.27. The van der Waals surface area contributed by atoms with E-state index >= 15 is 0 Å². The normalized spacial score (nSPS) is 23.7. The van der Waals surface area contributed by atoms with Crippen molar-refractivity contribution in [2.24, 2.45) is 5.92 Å². The molecule has 1 aromatic carbocycles. The molecule has 0 amide bonds. The minimum atomic E-state index is 0.571. The molecule has 1 heterocycles. The predicted molar refractivity (Wildman–Crippen MR) is 73.6 cm³/mol. The van der Waals surface area contributed by atoms with Crippen molar-refractivity contribution in [2.75, 3.05) is 27.3 Å². The molecule has 2 rings (SSSR count). The largest absolute Gasteiger partial charge is 0.497 e. The second-order valence-electron chi connectivity index (χ2n) is 4.88. The summed E-state index contributed by atoms with van der Waals surface area (Å²) in [6, 6.07) is 6.12. The highest BCUT2D eigenvalue weighted by molar-refractivity contribution is 5.43. The fourth-order valence-corrected chi connectivity index (χ4v) is 2.89. The summed E-state index contributed by atoms with van der Waals surface area (Å²) < 4.78 is 10.9. The van der Waals surface area contributed by atoms with Gasteiger partial charge in [0.05, 0.1) is 14.2 Å². The van der Waals surface area contributed by atoms with E-state index in [2.05, 4.69) is 18.3 Å². The minimum absolute atomic E-state index is 0.571. The molecule has 1 fully saturated rings. The van der Waals surface area contributed by atoms with Gasteiger partial charge in [0, 0.05) is 5.56 Å². The van der Waals surface area contributed by atoms with Crippen LogP contribution in [0, 0.1) is 5.92 Å². The molecule has 1 aliphatic rings. The van der Waals surface area contributed by atoms with E-state index in [0.717, 1.165) is 24.6 Å². The van der Waals surface area contributed by atoms with Gasteiger partial charge in [-0.25, -0.2) is 0 Å². The summed E-state index contributed by atoms with van der Waals surface area (Å²) in [4.78, 5) is 0. The molecule has 0 aromatic heterocycles. The second kappa shape index (κ2) is 6.10. The molecule has 2 unspecified atom stereocenters. The van der Waals surface area contributed by atoms with E-state index in [-0.39, 0.29) is 0 Å². The molecule has 18 heavy (non-hydrogen) atoms. The number of ether oxygens (including phenoxy) is 2. The molecule has 1 aliphatic heterocycles. The third-order valence-electron chi connectivity index (χ3n) is 3.97. The summed E-state index contributed by atoms with van der Waals surface area (Å²) >= 11 is 0. The van der Waals surface area contributed by atoms with E-state index in [1.165, 1.54) is 18.4 Å². The van der Waals surface area contributed by atoms with Crippen LogP contribution in [-0.2, 0) is 0 Å². The van der Waals surface area contributed by atoms with Crippen molar-refractivity contribution >= 4 is 0 Å². The Morgan fingerprint density at radius 3 is 2.78 bits per heavy atom. The summed E-state index contributed by atoms with van der Waals surface area (Å²) in [6.07, 6.45) is 2.36. The molecule has 3 nitrogen and oxygen atoms in total. The monoisotopic (exact) mass is 249 g/mol. The lowest BCUT2D eigenvalue weighted by Crippen LogP contribution is -2.35. The van der Waals surface area contributed by atoms with Crippen molar-refractivity contribution in [3.8, 4) is 11.5 Å². The molecule has 100 valence electrons. The van der Waals surface area contributed by atoms with Crippen LogP contribution in [0.3, 0.4) is 0 Å². The van der Waals surface area contributed by atoms with Crippen LogP contribution in [0.25, 0.3) is 0 Å². The Hall–Kier alpha value is -1.22. The Bertz CT molecular complexity index is 392. The predicted octanol–water partition coefficient (Wildman–Crippen LogP) is 2.81. The number of nitrogens with one attached hydrogen (secondary N) is 1. The van der Waals surface area contributed by atoms with Gasteiger partial charge < -0.3 is 14.8 Å². The lowest BCUT2D eigenvalue weighted by molar-refractivity contribution is 0.306. The van der Waals surface area contributed by atoms with Gasteiger partial charge in [-0.15, -0.1) is 0 Å². The quantitative estimate of drug-likeness (QED) is 0.890. The highest BCUT2D eigenvalue weighted by Crippen LogP contribution is 2.39. The van der Waals surface area contributed by atoms with Crippen LogP contribution >= 0.6 is 0 Å². The first-order valence-corrected chi connectivity index (χ1v) is 6.72. The number of hydrogen-bond acceptors (Lipinski definition) is 3. The summed E-state index contributed by atoms with van der Waals surface area (Å²) in [5.41, 5.74) is 1.30. The van der Waals surface area contributed by atoms with Crippen LogP contribution in [0.2, 0.25) is 0 Å². The van der Waals surface area contributed by atoms with Gasteiger partial charge in [-0.2, -0.15) is 0 Å². The van der Waals surface area contributed by atoms with Gasteiger partial charge in [0.15, 0.2) is 0 Å². The van der Waals surface area contributed by atoms with Crippen molar-refractivity contribution < 1.29 is 9.47 Å². The maximum atomic E-state index is 5.51. The molecule has 0 radical (unpaired) electrons. The van der Waals surface area contributed by atoms with Crippen LogP contribution < -0.4 is 14.8 Å². The number of piperidine rings is 1. The van der Waals surface area contributed by atoms with Crippen molar-refractivity contribution in [3.05, 3.63) is 23.8 Å². The topological polar surface area (TPSA) is 30.5 Å². The Kier molecular flexibility index (Phi) is 4.48. The molecule has 2 atom stereocenters. The lowest BCUT2D eigenvalue weighted by Gasteiger charge is -2.32. The van der Waals surface area contributed by atoms with Gasteiger partial charge in [-0.3, -0.25) is 0 Å². The van der Waals surface area contributed by atoms with Gasteiger partial charge in [0.25, 0.3) is 0 Å². The smallest absolute Gasteiger partial charge is 0.122 e. The number of hydrogen-bond donors (Lipinski definition) is 1. The van der Waals surface area contributed by atoms with Crippen LogP contribution in [0.4, 0.5) is 0 Å². The Labute approximate surface area is 109 Å². The Morgan fingerprint density at radius 1 is 1.28 bits per heavy atom. The standard InChI is InChI=1S/C15H23NO2/c1-4-11-10-16-8-7-13(11)14-9-12(17-2)5-6-15(14)18-3/h5-6,9,11,13,16H,4,7-8,10H2,1-3H3. The zero-order chi connectivity index (χ0) is 13.0. The van der Waals surface area contributed by atoms with Gasteiger partial charge in [-0.05, 0) is 49.5 Å². The summed E-state index contributed by atoms with van der Waals surface area (Å²) in [5.74, 6) is 3.15. The van der Waals surface area contributed by atoms with Crippen LogP contribution in [-0.4, -0.2) is 27.3 Å². The zero-order valence-electron chi connectivity index (χ0n) is 11.5. The molecule has 1 N–H and O–H groups in total. The maximum absolute atomic E-state index is 5.51. The third-order valence-corrected chi connectivity index (χ3v) is 3.97. The van der Waals surface area contributed by atoms with E-state index in [1.54, 1.807) is 14.2 Å². The summed E-state index contributed by atoms with van der Waals surface area (Å²) in [5, 5.41) is 3.48. The molecule has 0 saturated carbocycles. The molecule has 0 spiro atoms. The van der Waals surface area contributed by atoms with Gasteiger partial charge in [0.2, 0.25) is 0 Å². The average Bonchev–Trinajstić information content (AvgIpc) is 2.46. The summed E-state index contributed by atoms with van der Waals surface area (Å²) in [6.45, 7) is 4.44. The first-order valence-electron chi connectivity index (χ1n) is 6.72. The van der Waals surface area contributed by atoms with E-state index in [0.29, 0.717) is 11.8 Å². The van der Waals surface area contributed by atoms with Crippen molar-refractivity contribution in [3.63, 3.8) is 0 Å². The van der Waals surface area contributed by atoms with E-state index in [9.17, 15) is 0 Å². The van der Waals surface area contributed by atoms with E-state index in [4.69, 9.17) is 9.47 Å². The lowest BCUT2D eigenvalue weighted by atomic mass is 9.79. The zero-order valence-corrected chi connectivity index (χ0v) is 11.5. The molecule has 3 heteroatoms. The number of methoxy groups -OCH3 is 2. The fourth-order valence-electron chi connectivity index (χ4n) is 2.89. The second-order valence-corrected chi connectivity index (χ2v) is 4.88. The molecule has 1 aromatic rings. The third kappa shape index (κ3) is 2.61. The maximum Gasteiger partial charge on any atom is 0.122 e. The van der Waals surface area contributed by atoms with Crippen molar-refractivity contribution in [1.82, 2.24) is 5.32 Å². The number of benzene rings is 1. The Balaban J connectivity index is 2.34. The number of rotatable bonds is 4.